The lowest BCUT2D eigenvalue weighted by molar-refractivity contribution is -0.118. The van der Waals surface area contributed by atoms with E-state index < -0.39 is 48.9 Å². The van der Waals surface area contributed by atoms with Crippen LogP contribution in [0.4, 0.5) is 10.7 Å². The van der Waals surface area contributed by atoms with Crippen LogP contribution in [0.1, 0.15) is 45.9 Å². The molecule has 0 bridgehead atoms. The molecule has 0 spiro atoms. The predicted octanol–water partition coefficient (Wildman–Crippen LogP) is 3.52. The highest BCUT2D eigenvalue weighted by molar-refractivity contribution is 8.13. The third kappa shape index (κ3) is 6.55. The number of anilines is 1. The van der Waals surface area contributed by atoms with E-state index in [0.717, 1.165) is 17.3 Å². The first-order valence-corrected chi connectivity index (χ1v) is 16.5. The van der Waals surface area contributed by atoms with E-state index >= 15 is 0 Å². The first kappa shape index (κ1) is 32.1. The largest absolute Gasteiger partial charge is 0.509 e. The van der Waals surface area contributed by atoms with Crippen LogP contribution in [0, 0.1) is 5.41 Å². The van der Waals surface area contributed by atoms with Crippen LogP contribution < -0.4 is 16.4 Å². The third-order valence-electron chi connectivity index (χ3n) is 7.67. The Hall–Kier alpha value is -3.27. The highest BCUT2D eigenvalue weighted by atomic mass is 32.2. The zero-order chi connectivity index (χ0) is 31.7. The lowest BCUT2D eigenvalue weighted by atomic mass is 9.92. The van der Waals surface area contributed by atoms with Gasteiger partial charge in [-0.25, -0.2) is 19.4 Å². The predicted molar refractivity (Wildman–Crippen MR) is 161 cm³/mol. The standard InChI is InChI=1S/C27H35N6O9PS/c1-5-26(2,3)23(35)44-12-11-38-43(37,30-13-16-9-7-6-8-10-16)39-14-17-19-27(4,42-25(36)41-19)22(40-17)33-15-29-18-20(33)31-24(28)32-21(18)34/h6-10,15,17,19,22H,5,11-14H2,1-4H3,(H,30,37)(H3,28,31,32,34)/t17-,19+,22?,27+,43?/m1/s1. The van der Waals surface area contributed by atoms with E-state index in [4.69, 9.17) is 29.0 Å². The number of carbonyl (C=O) groups excluding carboxylic acids is 2. The van der Waals surface area contributed by atoms with Crippen molar-refractivity contribution < 1.29 is 37.4 Å². The van der Waals surface area contributed by atoms with E-state index in [0.29, 0.717) is 6.42 Å². The average Bonchev–Trinajstić information content (AvgIpc) is 3.62. The summed E-state index contributed by atoms with van der Waals surface area (Å²) >= 11 is 1.11. The fourth-order valence-electron chi connectivity index (χ4n) is 4.79. The third-order valence-corrected chi connectivity index (χ3v) is 10.4. The summed E-state index contributed by atoms with van der Waals surface area (Å²) in [7, 11) is -3.98. The van der Waals surface area contributed by atoms with Gasteiger partial charge >= 0.3 is 13.9 Å². The van der Waals surface area contributed by atoms with E-state index in [1.165, 1.54) is 10.9 Å². The van der Waals surface area contributed by atoms with E-state index in [-0.39, 0.29) is 47.7 Å². The van der Waals surface area contributed by atoms with Gasteiger partial charge in [-0.1, -0.05) is 62.9 Å². The van der Waals surface area contributed by atoms with E-state index in [2.05, 4.69) is 20.0 Å². The second-order valence-electron chi connectivity index (χ2n) is 11.2. The summed E-state index contributed by atoms with van der Waals surface area (Å²) in [6, 6.07) is 9.26. The van der Waals surface area contributed by atoms with Crippen LogP contribution in [0.5, 0.6) is 0 Å². The number of ether oxygens (including phenoxy) is 3. The van der Waals surface area contributed by atoms with Crippen LogP contribution >= 0.6 is 19.5 Å². The Balaban J connectivity index is 1.32. The average molecular weight is 651 g/mol. The normalized spacial score (nSPS) is 24.5. The van der Waals surface area contributed by atoms with Crippen LogP contribution in [0.15, 0.2) is 41.5 Å². The zero-order valence-electron chi connectivity index (χ0n) is 24.7. The van der Waals surface area contributed by atoms with Gasteiger partial charge in [0, 0.05) is 17.7 Å². The molecule has 2 aromatic heterocycles. The minimum absolute atomic E-state index is 0.00887. The Labute approximate surface area is 257 Å². The fourth-order valence-corrected chi connectivity index (χ4v) is 7.11. The number of nitrogens with one attached hydrogen (secondary N) is 2. The molecule has 2 aliphatic heterocycles. The number of carbonyl (C=O) groups is 2. The minimum Gasteiger partial charge on any atom is -0.424 e. The first-order chi connectivity index (χ1) is 20.8. The number of hydrogen-bond donors (Lipinski definition) is 3. The molecule has 2 saturated heterocycles. The summed E-state index contributed by atoms with van der Waals surface area (Å²) in [5, 5.41) is 2.87. The molecule has 5 atom stereocenters. The van der Waals surface area contributed by atoms with Crippen LogP contribution in [0.3, 0.4) is 0 Å². The summed E-state index contributed by atoms with van der Waals surface area (Å²) in [5.41, 5.74) is 4.28. The molecule has 5 rings (SSSR count). The number of hydrogen-bond acceptors (Lipinski definition) is 13. The Morgan fingerprint density at radius 3 is 2.75 bits per heavy atom. The number of imidazole rings is 1. The number of rotatable bonds is 13. The smallest absolute Gasteiger partial charge is 0.424 e. The molecule has 0 saturated carbocycles. The van der Waals surface area contributed by atoms with Gasteiger partial charge in [0.15, 0.2) is 34.2 Å². The number of benzene rings is 1. The molecule has 15 nitrogen and oxygen atoms in total. The zero-order valence-corrected chi connectivity index (χ0v) is 26.4. The number of aromatic nitrogens is 4. The van der Waals surface area contributed by atoms with Gasteiger partial charge in [-0.3, -0.25) is 28.2 Å². The summed E-state index contributed by atoms with van der Waals surface area (Å²) in [4.78, 5) is 47.8. The van der Waals surface area contributed by atoms with E-state index in [1.807, 2.05) is 51.1 Å². The first-order valence-electron chi connectivity index (χ1n) is 14.0. The molecule has 0 aliphatic carbocycles. The molecule has 2 fully saturated rings. The molecule has 4 heterocycles. The van der Waals surface area contributed by atoms with Crippen LogP contribution in [-0.2, 0) is 39.2 Å². The molecule has 238 valence electrons. The number of fused-ring (bicyclic) bond motifs is 2. The van der Waals surface area contributed by atoms with Gasteiger partial charge in [-0.15, -0.1) is 0 Å². The molecule has 44 heavy (non-hydrogen) atoms. The van der Waals surface area contributed by atoms with Gasteiger partial charge in [-0.2, -0.15) is 4.98 Å². The number of H-pyrrole nitrogens is 1. The molecule has 0 radical (unpaired) electrons. The maximum Gasteiger partial charge on any atom is 0.509 e. The van der Waals surface area contributed by atoms with Gasteiger partial charge in [0.05, 0.1) is 19.5 Å². The Kier molecular flexibility index (Phi) is 9.21. The highest BCUT2D eigenvalue weighted by Crippen LogP contribution is 2.50. The Morgan fingerprint density at radius 1 is 1.27 bits per heavy atom. The quantitative estimate of drug-likeness (QED) is 0.138. The van der Waals surface area contributed by atoms with E-state index in [9.17, 15) is 18.9 Å². The summed E-state index contributed by atoms with van der Waals surface area (Å²) in [5.74, 6) is 0.129. The van der Waals surface area contributed by atoms with Crippen molar-refractivity contribution in [1.82, 2.24) is 24.6 Å². The van der Waals surface area contributed by atoms with Crippen molar-refractivity contribution in [2.24, 2.45) is 5.41 Å². The molecule has 17 heteroatoms. The SMILES string of the molecule is CCC(C)(C)C(=O)SCCOP(=O)(NCc1ccccc1)OC[C@H]1OC(n2cnc3c(=O)[nH]c(N)nc32)[C@@]2(C)OC(=O)O[C@@H]12. The number of nitrogen functional groups attached to an aromatic ring is 1. The molecule has 2 unspecified atom stereocenters. The molecule has 0 amide bonds. The van der Waals surface area contributed by atoms with Gasteiger partial charge in [0.2, 0.25) is 5.95 Å². The topological polar surface area (TPSA) is 199 Å². The second-order valence-corrected chi connectivity index (χ2v) is 14.1. The van der Waals surface area contributed by atoms with Gasteiger partial charge in [0.1, 0.15) is 6.10 Å². The maximum absolute atomic E-state index is 13.9. The number of nitrogens with zero attached hydrogens (tertiary/aromatic N) is 3. The lowest BCUT2D eigenvalue weighted by Crippen LogP contribution is -2.42. The molecule has 3 aromatic rings. The molecule has 2 aliphatic rings. The molecular weight excluding hydrogens is 615 g/mol. The summed E-state index contributed by atoms with van der Waals surface area (Å²) in [6.07, 6.45) is -1.92. The van der Waals surface area contributed by atoms with Crippen molar-refractivity contribution >= 4 is 47.9 Å². The molecule has 1 aromatic carbocycles. The minimum atomic E-state index is -3.98. The number of thioether (sulfide) groups is 1. The molecule has 4 N–H and O–H groups in total. The maximum atomic E-state index is 13.9. The number of aromatic amines is 1. The monoisotopic (exact) mass is 650 g/mol. The van der Waals surface area contributed by atoms with E-state index in [1.54, 1.807) is 6.92 Å². The van der Waals surface area contributed by atoms with Crippen LogP contribution in [0.2, 0.25) is 0 Å². The van der Waals surface area contributed by atoms with Gasteiger partial charge in [0.25, 0.3) is 5.56 Å². The van der Waals surface area contributed by atoms with Crippen LogP contribution in [-0.4, -0.2) is 67.6 Å². The summed E-state index contributed by atoms with van der Waals surface area (Å²) in [6.45, 7) is 7.09. The van der Waals surface area contributed by atoms with Crippen LogP contribution in [0.25, 0.3) is 11.2 Å². The lowest BCUT2D eigenvalue weighted by Gasteiger charge is -2.26. The summed E-state index contributed by atoms with van der Waals surface area (Å²) < 4.78 is 44.1. The second kappa shape index (κ2) is 12.6. The van der Waals surface area contributed by atoms with Gasteiger partial charge in [-0.05, 0) is 18.9 Å². The Morgan fingerprint density at radius 2 is 2.02 bits per heavy atom. The number of nitrogens with two attached hydrogens (primary N) is 1. The molecular formula is C27H35N6O9PS. The van der Waals surface area contributed by atoms with Crippen molar-refractivity contribution in [1.29, 1.82) is 0 Å². The van der Waals surface area contributed by atoms with Crippen molar-refractivity contribution in [3.05, 3.63) is 52.6 Å². The van der Waals surface area contributed by atoms with Gasteiger partial charge < -0.3 is 19.9 Å². The van der Waals surface area contributed by atoms with Crippen molar-refractivity contribution in [2.75, 3.05) is 24.7 Å². The fraction of sp³-hybridized carbons (Fsp3) is 0.519. The Bertz CT molecular complexity index is 1630. The van der Waals surface area contributed by atoms with Crippen molar-refractivity contribution in [3.8, 4) is 0 Å². The van der Waals surface area contributed by atoms with Crippen molar-refractivity contribution in [2.45, 2.75) is 64.7 Å². The van der Waals surface area contributed by atoms with Crippen molar-refractivity contribution in [3.63, 3.8) is 0 Å². The highest BCUT2D eigenvalue weighted by Gasteiger charge is 2.64.